The number of rotatable bonds is 1. The molecule has 0 radical (unpaired) electrons. The first-order chi connectivity index (χ1) is 6.66. The van der Waals surface area contributed by atoms with E-state index in [9.17, 15) is 4.79 Å². The van der Waals surface area contributed by atoms with Gasteiger partial charge in [0.2, 0.25) is 4.77 Å². The number of hydrogen-bond donors (Lipinski definition) is 2. The summed E-state index contributed by atoms with van der Waals surface area (Å²) in [6.07, 6.45) is 1.68. The number of nitrogens with zero attached hydrogens (tertiary/aromatic N) is 2. The summed E-state index contributed by atoms with van der Waals surface area (Å²) in [5.74, 6) is 0.577. The maximum absolute atomic E-state index is 11.3. The molecule has 2 aromatic rings. The van der Waals surface area contributed by atoms with Gasteiger partial charge in [0.25, 0.3) is 5.56 Å². The number of aryl methyl sites for hydroxylation is 1. The third-order valence-corrected chi connectivity index (χ3v) is 2.07. The molecule has 0 atom stereocenters. The van der Waals surface area contributed by atoms with E-state index in [0.717, 1.165) is 5.56 Å². The molecule has 0 amide bonds. The third kappa shape index (κ3) is 1.51. The van der Waals surface area contributed by atoms with Gasteiger partial charge in [-0.1, -0.05) is 0 Å². The average Bonchev–Trinajstić information content (AvgIpc) is 2.57. The molecule has 2 N–H and O–H groups in total. The molecule has 0 spiro atoms. The molecule has 2 aromatic heterocycles. The smallest absolute Gasteiger partial charge is 0.250 e. The molecule has 0 saturated heterocycles. The summed E-state index contributed by atoms with van der Waals surface area (Å²) in [4.78, 5) is 15.3. The van der Waals surface area contributed by atoms with Crippen LogP contribution in [0.15, 0.2) is 23.1 Å². The van der Waals surface area contributed by atoms with Crippen molar-refractivity contribution in [3.8, 4) is 11.4 Å². The number of pyridine rings is 1. The molecule has 0 unspecified atom stereocenters. The Kier molecular flexibility index (Phi) is 2.05. The maximum atomic E-state index is 11.3. The van der Waals surface area contributed by atoms with Crippen LogP contribution in [0.1, 0.15) is 0 Å². The van der Waals surface area contributed by atoms with E-state index in [2.05, 4.69) is 15.2 Å². The number of aromatic nitrogens is 4. The van der Waals surface area contributed by atoms with Gasteiger partial charge in [0.1, 0.15) is 0 Å². The number of nitrogens with one attached hydrogen (secondary N) is 2. The fourth-order valence-corrected chi connectivity index (χ4v) is 1.24. The van der Waals surface area contributed by atoms with E-state index in [-0.39, 0.29) is 5.56 Å². The van der Waals surface area contributed by atoms with Crippen molar-refractivity contribution in [1.82, 2.24) is 19.7 Å². The highest BCUT2D eigenvalue weighted by Crippen LogP contribution is 2.09. The van der Waals surface area contributed by atoms with E-state index in [1.54, 1.807) is 19.3 Å². The Balaban J connectivity index is 2.58. The zero-order chi connectivity index (χ0) is 10.1. The molecule has 6 heteroatoms. The molecule has 5 nitrogen and oxygen atoms in total. The highest BCUT2D eigenvalue weighted by Gasteiger charge is 2.01. The first-order valence-electron chi connectivity index (χ1n) is 3.98. The monoisotopic (exact) mass is 208 g/mol. The van der Waals surface area contributed by atoms with Gasteiger partial charge in [-0.25, -0.2) is 0 Å². The minimum atomic E-state index is -0.0789. The fourth-order valence-electron chi connectivity index (χ4n) is 1.10. The molecule has 14 heavy (non-hydrogen) atoms. The van der Waals surface area contributed by atoms with Gasteiger partial charge in [0.05, 0.1) is 0 Å². The van der Waals surface area contributed by atoms with Crippen molar-refractivity contribution in [2.24, 2.45) is 7.05 Å². The van der Waals surface area contributed by atoms with Crippen LogP contribution in [-0.2, 0) is 7.05 Å². The van der Waals surface area contributed by atoms with Crippen LogP contribution in [-0.4, -0.2) is 19.7 Å². The summed E-state index contributed by atoms with van der Waals surface area (Å²) in [7, 11) is 1.69. The Bertz CT molecular complexity index is 565. The van der Waals surface area contributed by atoms with Crippen molar-refractivity contribution in [2.75, 3.05) is 0 Å². The van der Waals surface area contributed by atoms with Crippen LogP contribution in [0.3, 0.4) is 0 Å². The van der Waals surface area contributed by atoms with Crippen LogP contribution in [0.4, 0.5) is 0 Å². The van der Waals surface area contributed by atoms with Crippen molar-refractivity contribution in [1.29, 1.82) is 0 Å². The zero-order valence-corrected chi connectivity index (χ0v) is 8.26. The Morgan fingerprint density at radius 3 is 2.86 bits per heavy atom. The Hall–Kier alpha value is -1.69. The van der Waals surface area contributed by atoms with Crippen LogP contribution in [0.2, 0.25) is 0 Å². The SMILES string of the molecule is Cn1ccc(-c2nc(=S)[nH][nH]2)cc1=O. The van der Waals surface area contributed by atoms with Crippen LogP contribution in [0, 0.1) is 4.77 Å². The largest absolute Gasteiger partial charge is 0.319 e. The van der Waals surface area contributed by atoms with E-state index in [1.807, 2.05) is 0 Å². The summed E-state index contributed by atoms with van der Waals surface area (Å²) in [5.41, 5.74) is 0.644. The topological polar surface area (TPSA) is 66.5 Å². The summed E-state index contributed by atoms with van der Waals surface area (Å²) in [6, 6.07) is 3.30. The molecule has 0 saturated carbocycles. The molecule has 0 aromatic carbocycles. The predicted molar refractivity (Wildman–Crippen MR) is 54.4 cm³/mol. The number of hydrogen-bond acceptors (Lipinski definition) is 3. The van der Waals surface area contributed by atoms with Gasteiger partial charge >= 0.3 is 0 Å². The quantitative estimate of drug-likeness (QED) is 0.682. The first-order valence-corrected chi connectivity index (χ1v) is 4.39. The molecule has 0 aliphatic rings. The maximum Gasteiger partial charge on any atom is 0.250 e. The molecule has 72 valence electrons. The van der Waals surface area contributed by atoms with Crippen molar-refractivity contribution in [3.05, 3.63) is 33.5 Å². The van der Waals surface area contributed by atoms with E-state index in [1.165, 1.54) is 10.6 Å². The predicted octanol–water partition coefficient (Wildman–Crippen LogP) is 0.833. The lowest BCUT2D eigenvalue weighted by molar-refractivity contribution is 0.860. The van der Waals surface area contributed by atoms with Crippen molar-refractivity contribution in [2.45, 2.75) is 0 Å². The van der Waals surface area contributed by atoms with Gasteiger partial charge in [-0.15, -0.1) is 0 Å². The Labute approximate surface area is 84.4 Å². The lowest BCUT2D eigenvalue weighted by Gasteiger charge is -1.97. The van der Waals surface area contributed by atoms with Crippen LogP contribution in [0.25, 0.3) is 11.4 Å². The van der Waals surface area contributed by atoms with Gasteiger partial charge in [0, 0.05) is 24.9 Å². The van der Waals surface area contributed by atoms with Gasteiger partial charge in [0.15, 0.2) is 5.82 Å². The molecule has 0 aliphatic heterocycles. The van der Waals surface area contributed by atoms with Gasteiger partial charge in [-0.2, -0.15) is 4.98 Å². The summed E-state index contributed by atoms with van der Waals surface area (Å²) in [5, 5.41) is 5.45. The van der Waals surface area contributed by atoms with E-state index in [4.69, 9.17) is 12.2 Å². The van der Waals surface area contributed by atoms with Crippen molar-refractivity contribution < 1.29 is 0 Å². The molecule has 2 rings (SSSR count). The molecule has 0 fully saturated rings. The second-order valence-corrected chi connectivity index (χ2v) is 3.27. The van der Waals surface area contributed by atoms with E-state index in [0.29, 0.717) is 10.6 Å². The summed E-state index contributed by atoms with van der Waals surface area (Å²) >= 11 is 4.81. The minimum Gasteiger partial charge on any atom is -0.319 e. The van der Waals surface area contributed by atoms with Gasteiger partial charge < -0.3 is 4.57 Å². The highest BCUT2D eigenvalue weighted by molar-refractivity contribution is 7.71. The van der Waals surface area contributed by atoms with Gasteiger partial charge in [-0.05, 0) is 18.3 Å². The lowest BCUT2D eigenvalue weighted by Crippen LogP contribution is -2.14. The highest BCUT2D eigenvalue weighted by atomic mass is 32.1. The average molecular weight is 208 g/mol. The Morgan fingerprint density at radius 2 is 2.29 bits per heavy atom. The standard InChI is InChI=1S/C8H8N4OS/c1-12-3-2-5(4-6(12)13)7-9-8(14)11-10-7/h2-4H,1H3,(H2,9,10,11,14). The fraction of sp³-hybridized carbons (Fsp3) is 0.125. The van der Waals surface area contributed by atoms with Crippen LogP contribution < -0.4 is 5.56 Å². The Morgan fingerprint density at radius 1 is 1.50 bits per heavy atom. The van der Waals surface area contributed by atoms with Gasteiger partial charge in [-0.3, -0.25) is 15.0 Å². The minimum absolute atomic E-state index is 0.0789. The van der Waals surface area contributed by atoms with E-state index >= 15 is 0 Å². The second-order valence-electron chi connectivity index (χ2n) is 2.88. The molecule has 0 aliphatic carbocycles. The van der Waals surface area contributed by atoms with E-state index < -0.39 is 0 Å². The molecule has 0 bridgehead atoms. The normalized spacial score (nSPS) is 10.4. The second kappa shape index (κ2) is 3.22. The van der Waals surface area contributed by atoms with Crippen molar-refractivity contribution in [3.63, 3.8) is 0 Å². The summed E-state index contributed by atoms with van der Waals surface area (Å²) < 4.78 is 1.87. The van der Waals surface area contributed by atoms with Crippen LogP contribution in [0.5, 0.6) is 0 Å². The number of H-pyrrole nitrogens is 2. The van der Waals surface area contributed by atoms with Crippen molar-refractivity contribution >= 4 is 12.2 Å². The first kappa shape index (κ1) is 8.89. The van der Waals surface area contributed by atoms with Crippen LogP contribution >= 0.6 is 12.2 Å². The summed E-state index contributed by atoms with van der Waals surface area (Å²) in [6.45, 7) is 0. The molecule has 2 heterocycles. The lowest BCUT2D eigenvalue weighted by atomic mass is 10.2. The third-order valence-electron chi connectivity index (χ3n) is 1.88. The molecular weight excluding hydrogens is 200 g/mol. The zero-order valence-electron chi connectivity index (χ0n) is 7.44. The number of aromatic amines is 2. The molecular formula is C8H8N4OS.